The van der Waals surface area contributed by atoms with Crippen molar-refractivity contribution in [3.05, 3.63) is 0 Å². The van der Waals surface area contributed by atoms with Gasteiger partial charge in [0.05, 0.1) is 5.75 Å². The molecular weight excluding hydrogens is 178 g/mol. The maximum atomic E-state index is 11.1. The van der Waals surface area contributed by atoms with Gasteiger partial charge in [-0.25, -0.2) is 13.4 Å². The van der Waals surface area contributed by atoms with Crippen LogP contribution < -0.4 is 10.1 Å². The van der Waals surface area contributed by atoms with Crippen LogP contribution in [0, 0.1) is 0 Å². The lowest BCUT2D eigenvalue weighted by atomic mass is 10.5. The predicted molar refractivity (Wildman–Crippen MR) is 49.2 cm³/mol. The van der Waals surface area contributed by atoms with Crippen molar-refractivity contribution < 1.29 is 8.42 Å². The van der Waals surface area contributed by atoms with E-state index in [4.69, 9.17) is 0 Å². The third kappa shape index (κ3) is 6.53. The maximum absolute atomic E-state index is 11.1. The summed E-state index contributed by atoms with van der Waals surface area (Å²) in [4.78, 5) is 2.36. The number of hydrogen-bond acceptors (Lipinski definition) is 4. The molecule has 0 fully saturated rings. The van der Waals surface area contributed by atoms with Crippen molar-refractivity contribution in [1.82, 2.24) is 15.2 Å². The average molecular weight is 195 g/mol. The highest BCUT2D eigenvalue weighted by molar-refractivity contribution is 7.89. The monoisotopic (exact) mass is 195 g/mol. The second kappa shape index (κ2) is 5.47. The third-order valence-corrected chi connectivity index (χ3v) is 2.63. The zero-order valence-electron chi connectivity index (χ0n) is 7.79. The summed E-state index contributed by atoms with van der Waals surface area (Å²) in [6, 6.07) is 0. The average Bonchev–Trinajstić information content (AvgIpc) is 1.84. The highest BCUT2D eigenvalue weighted by Gasteiger charge is 2.09. The van der Waals surface area contributed by atoms with Crippen LogP contribution in [-0.2, 0) is 10.0 Å². The van der Waals surface area contributed by atoms with Crippen molar-refractivity contribution in [2.45, 2.75) is 6.42 Å². The Balaban J connectivity index is 3.73. The van der Waals surface area contributed by atoms with Crippen LogP contribution in [0.25, 0.3) is 0 Å². The van der Waals surface area contributed by atoms with Crippen molar-refractivity contribution in [2.24, 2.45) is 0 Å². The van der Waals surface area contributed by atoms with Gasteiger partial charge in [0, 0.05) is 14.1 Å². The van der Waals surface area contributed by atoms with Gasteiger partial charge in [-0.2, -0.15) is 0 Å². The summed E-state index contributed by atoms with van der Waals surface area (Å²) in [5.41, 5.74) is 0. The van der Waals surface area contributed by atoms with Crippen LogP contribution in [0.2, 0.25) is 0 Å². The van der Waals surface area contributed by atoms with Crippen molar-refractivity contribution in [1.29, 1.82) is 0 Å². The van der Waals surface area contributed by atoms with E-state index in [0.717, 1.165) is 0 Å². The van der Waals surface area contributed by atoms with Gasteiger partial charge >= 0.3 is 0 Å². The van der Waals surface area contributed by atoms with E-state index in [-0.39, 0.29) is 5.75 Å². The Labute approximate surface area is 74.2 Å². The maximum Gasteiger partial charge on any atom is 0.224 e. The largest absolute Gasteiger partial charge is 0.320 e. The van der Waals surface area contributed by atoms with E-state index in [1.807, 2.05) is 0 Å². The van der Waals surface area contributed by atoms with E-state index in [9.17, 15) is 8.42 Å². The fraction of sp³-hybridized carbons (Fsp3) is 1.00. The van der Waals surface area contributed by atoms with Crippen molar-refractivity contribution in [3.63, 3.8) is 0 Å². The molecule has 0 bridgehead atoms. The van der Waals surface area contributed by atoms with Crippen molar-refractivity contribution in [2.75, 3.05) is 33.4 Å². The summed E-state index contributed by atoms with van der Waals surface area (Å²) in [7, 11) is 1.98. The molecule has 0 aromatic rings. The molecule has 0 aliphatic rings. The summed E-state index contributed by atoms with van der Waals surface area (Å²) in [5.74, 6) is 0.159. The van der Waals surface area contributed by atoms with Gasteiger partial charge in [-0.3, -0.25) is 0 Å². The minimum Gasteiger partial charge on any atom is -0.320 e. The summed E-state index contributed by atoms with van der Waals surface area (Å²) in [6.45, 7) is 0.717. The first kappa shape index (κ1) is 11.8. The Kier molecular flexibility index (Phi) is 5.39. The third-order valence-electron chi connectivity index (χ3n) is 1.16. The quantitative estimate of drug-likeness (QED) is 0.421. The molecule has 0 spiro atoms. The summed E-state index contributed by atoms with van der Waals surface area (Å²) in [6.07, 6.45) is 0.625. The number of nitrogens with zero attached hydrogens (tertiary/aromatic N) is 1. The molecule has 0 aromatic carbocycles. The lowest BCUT2D eigenvalue weighted by Gasteiger charge is -2.11. The van der Waals surface area contributed by atoms with E-state index in [1.165, 1.54) is 5.01 Å². The molecule has 0 unspecified atom stereocenters. The highest BCUT2D eigenvalue weighted by atomic mass is 32.2. The molecular formula is C6H17N3O2S. The SMILES string of the molecule is CNCCCS(=O)(=O)NN(C)C. The zero-order chi connectivity index (χ0) is 9.61. The summed E-state index contributed by atoms with van der Waals surface area (Å²) < 4.78 is 22.3. The first-order valence-electron chi connectivity index (χ1n) is 3.80. The molecule has 0 radical (unpaired) electrons. The number of hydrazine groups is 1. The molecule has 0 aliphatic carbocycles. The summed E-state index contributed by atoms with van der Waals surface area (Å²) >= 11 is 0. The minimum atomic E-state index is -3.12. The standard InChI is InChI=1S/C6H17N3O2S/c1-7-5-4-6-12(10,11)8-9(2)3/h7-8H,4-6H2,1-3H3. The Bertz CT molecular complexity index is 201. The van der Waals surface area contributed by atoms with Crippen molar-refractivity contribution >= 4 is 10.0 Å². The van der Waals surface area contributed by atoms with Crippen LogP contribution >= 0.6 is 0 Å². The van der Waals surface area contributed by atoms with Gasteiger partial charge in [0.25, 0.3) is 0 Å². The van der Waals surface area contributed by atoms with E-state index >= 15 is 0 Å². The fourth-order valence-electron chi connectivity index (χ4n) is 0.763. The summed E-state index contributed by atoms with van der Waals surface area (Å²) in [5, 5.41) is 4.31. The van der Waals surface area contributed by atoms with Gasteiger partial charge in [0.1, 0.15) is 0 Å². The van der Waals surface area contributed by atoms with Gasteiger partial charge in [0.15, 0.2) is 0 Å². The molecule has 6 heteroatoms. The van der Waals surface area contributed by atoms with E-state index in [2.05, 4.69) is 10.1 Å². The van der Waals surface area contributed by atoms with Gasteiger partial charge < -0.3 is 5.32 Å². The molecule has 0 heterocycles. The van der Waals surface area contributed by atoms with Gasteiger partial charge in [-0.15, -0.1) is 4.83 Å². The number of nitrogens with one attached hydrogen (secondary N) is 2. The first-order chi connectivity index (χ1) is 5.48. The molecule has 0 amide bonds. The minimum absolute atomic E-state index is 0.159. The topological polar surface area (TPSA) is 61.4 Å². The Morgan fingerprint density at radius 1 is 1.33 bits per heavy atom. The van der Waals surface area contributed by atoms with Crippen LogP contribution in [-0.4, -0.2) is 46.9 Å². The molecule has 0 atom stereocenters. The Morgan fingerprint density at radius 3 is 2.33 bits per heavy atom. The molecule has 0 rings (SSSR count). The molecule has 74 valence electrons. The van der Waals surface area contributed by atoms with E-state index < -0.39 is 10.0 Å². The van der Waals surface area contributed by atoms with Crippen LogP contribution in [0.15, 0.2) is 0 Å². The molecule has 12 heavy (non-hydrogen) atoms. The fourth-order valence-corrected chi connectivity index (χ4v) is 1.93. The number of rotatable bonds is 6. The second-order valence-corrected chi connectivity index (χ2v) is 4.58. The van der Waals surface area contributed by atoms with Crippen molar-refractivity contribution in [3.8, 4) is 0 Å². The second-order valence-electron chi connectivity index (χ2n) is 2.76. The Hall–Kier alpha value is -0.170. The lowest BCUT2D eigenvalue weighted by molar-refractivity contribution is 0.363. The molecule has 5 nitrogen and oxygen atoms in total. The molecule has 2 N–H and O–H groups in total. The first-order valence-corrected chi connectivity index (χ1v) is 5.45. The van der Waals surface area contributed by atoms with Crippen LogP contribution in [0.4, 0.5) is 0 Å². The lowest BCUT2D eigenvalue weighted by Crippen LogP contribution is -2.38. The van der Waals surface area contributed by atoms with Gasteiger partial charge in [-0.1, -0.05) is 0 Å². The number of hydrogen-bond donors (Lipinski definition) is 2. The molecule has 0 aromatic heterocycles. The predicted octanol–water partition coefficient (Wildman–Crippen LogP) is -1.01. The highest BCUT2D eigenvalue weighted by Crippen LogP contribution is 1.88. The zero-order valence-corrected chi connectivity index (χ0v) is 8.61. The van der Waals surface area contributed by atoms with Crippen LogP contribution in [0.3, 0.4) is 0 Å². The van der Waals surface area contributed by atoms with E-state index in [1.54, 1.807) is 21.1 Å². The van der Waals surface area contributed by atoms with Crippen LogP contribution in [0.1, 0.15) is 6.42 Å². The molecule has 0 saturated heterocycles. The van der Waals surface area contributed by atoms with Crippen LogP contribution in [0.5, 0.6) is 0 Å². The normalized spacial score (nSPS) is 12.3. The number of sulfonamides is 1. The van der Waals surface area contributed by atoms with Gasteiger partial charge in [-0.05, 0) is 20.0 Å². The Morgan fingerprint density at radius 2 is 1.92 bits per heavy atom. The molecule has 0 saturated carbocycles. The van der Waals surface area contributed by atoms with E-state index in [0.29, 0.717) is 13.0 Å². The smallest absolute Gasteiger partial charge is 0.224 e. The van der Waals surface area contributed by atoms with Gasteiger partial charge in [0.2, 0.25) is 10.0 Å². The molecule has 0 aliphatic heterocycles.